The highest BCUT2D eigenvalue weighted by molar-refractivity contribution is 5.92. The Bertz CT molecular complexity index is 338. The van der Waals surface area contributed by atoms with Crippen LogP contribution < -0.4 is 16.2 Å². The van der Waals surface area contributed by atoms with Gasteiger partial charge in [0.15, 0.2) is 0 Å². The number of amides is 3. The molecular formula is C10H13N3O2. The molecule has 0 unspecified atom stereocenters. The van der Waals surface area contributed by atoms with Crippen molar-refractivity contribution in [1.82, 2.24) is 16.2 Å². The summed E-state index contributed by atoms with van der Waals surface area (Å²) in [6.07, 6.45) is 0. The van der Waals surface area contributed by atoms with Gasteiger partial charge in [0, 0.05) is 13.5 Å². The first-order chi connectivity index (χ1) is 7.18. The molecule has 0 aliphatic rings. The van der Waals surface area contributed by atoms with Crippen molar-refractivity contribution in [3.63, 3.8) is 0 Å². The molecule has 5 heteroatoms. The quantitative estimate of drug-likeness (QED) is 0.633. The highest BCUT2D eigenvalue weighted by Crippen LogP contribution is 1.95. The number of hydrazine groups is 1. The van der Waals surface area contributed by atoms with E-state index in [0.29, 0.717) is 6.54 Å². The lowest BCUT2D eigenvalue weighted by atomic mass is 10.2. The minimum atomic E-state index is -0.557. The average molecular weight is 207 g/mol. The molecule has 5 nitrogen and oxygen atoms in total. The van der Waals surface area contributed by atoms with Gasteiger partial charge in [-0.2, -0.15) is 0 Å². The smallest absolute Gasteiger partial charge is 0.277 e. The summed E-state index contributed by atoms with van der Waals surface area (Å²) < 4.78 is 0. The van der Waals surface area contributed by atoms with Crippen LogP contribution in [0.3, 0.4) is 0 Å². The summed E-state index contributed by atoms with van der Waals surface area (Å²) in [6.45, 7) is 1.78. The molecule has 0 heterocycles. The molecule has 0 radical (unpaired) electrons. The Morgan fingerprint density at radius 3 is 2.47 bits per heavy atom. The largest absolute Gasteiger partial charge is 0.335 e. The molecule has 0 bridgehead atoms. The molecule has 0 saturated carbocycles. The normalized spacial score (nSPS) is 9.40. The molecule has 0 aliphatic heterocycles. The Kier molecular flexibility index (Phi) is 4.30. The first-order valence-corrected chi connectivity index (χ1v) is 4.53. The number of carbonyl (C=O) groups excluding carboxylic acids is 2. The maximum atomic E-state index is 10.9. The van der Waals surface area contributed by atoms with E-state index < -0.39 is 11.9 Å². The molecule has 80 valence electrons. The van der Waals surface area contributed by atoms with Gasteiger partial charge in [-0.25, -0.2) is 10.2 Å². The van der Waals surface area contributed by atoms with Crippen LogP contribution in [-0.2, 0) is 11.3 Å². The lowest BCUT2D eigenvalue weighted by Gasteiger charge is -2.06. The fourth-order valence-electron chi connectivity index (χ4n) is 1.01. The third-order valence-corrected chi connectivity index (χ3v) is 1.63. The molecule has 0 atom stereocenters. The van der Waals surface area contributed by atoms with E-state index in [-0.39, 0.29) is 0 Å². The van der Waals surface area contributed by atoms with Crippen LogP contribution in [0.2, 0.25) is 0 Å². The summed E-state index contributed by atoms with van der Waals surface area (Å²) in [5.41, 5.74) is 6.08. The number of carbonyl (C=O) groups is 2. The monoisotopic (exact) mass is 207 g/mol. The van der Waals surface area contributed by atoms with Crippen molar-refractivity contribution < 1.29 is 9.59 Å². The van der Waals surface area contributed by atoms with Crippen molar-refractivity contribution in [2.75, 3.05) is 0 Å². The van der Waals surface area contributed by atoms with Gasteiger partial charge >= 0.3 is 6.03 Å². The number of rotatable bonds is 3. The van der Waals surface area contributed by atoms with Crippen molar-refractivity contribution in [3.05, 3.63) is 35.9 Å². The Labute approximate surface area is 87.8 Å². The summed E-state index contributed by atoms with van der Waals surface area (Å²) in [5.74, 6) is -0.394. The second-order valence-corrected chi connectivity index (χ2v) is 2.97. The molecule has 0 fully saturated rings. The first-order valence-electron chi connectivity index (χ1n) is 4.53. The van der Waals surface area contributed by atoms with Crippen molar-refractivity contribution in [2.24, 2.45) is 0 Å². The van der Waals surface area contributed by atoms with Gasteiger partial charge in [0.2, 0.25) is 5.91 Å². The summed E-state index contributed by atoms with van der Waals surface area (Å²) in [5, 5.41) is 2.08. The predicted octanol–water partition coefficient (Wildman–Crippen LogP) is 0.537. The SMILES string of the molecule is CC(=O)NC(=O)NNCc1ccccc1. The molecule has 0 spiro atoms. The zero-order valence-electron chi connectivity index (χ0n) is 8.41. The molecule has 0 aliphatic carbocycles. The zero-order valence-corrected chi connectivity index (χ0v) is 8.41. The zero-order chi connectivity index (χ0) is 11.1. The van der Waals surface area contributed by atoms with Gasteiger partial charge in [-0.05, 0) is 5.56 Å². The van der Waals surface area contributed by atoms with E-state index in [2.05, 4.69) is 16.2 Å². The minimum Gasteiger partial charge on any atom is -0.277 e. The molecule has 3 amide bonds. The summed E-state index contributed by atoms with van der Waals surface area (Å²) in [6, 6.07) is 9.03. The van der Waals surface area contributed by atoms with Crippen LogP contribution in [0, 0.1) is 0 Å². The Hall–Kier alpha value is -1.88. The second-order valence-electron chi connectivity index (χ2n) is 2.97. The van der Waals surface area contributed by atoms with Crippen molar-refractivity contribution in [1.29, 1.82) is 0 Å². The summed E-state index contributed by atoms with van der Waals surface area (Å²) >= 11 is 0. The number of urea groups is 1. The van der Waals surface area contributed by atoms with Crippen LogP contribution in [0.25, 0.3) is 0 Å². The minimum absolute atomic E-state index is 0.394. The van der Waals surface area contributed by atoms with Crippen LogP contribution in [-0.4, -0.2) is 11.9 Å². The van der Waals surface area contributed by atoms with E-state index in [1.54, 1.807) is 0 Å². The van der Waals surface area contributed by atoms with Crippen LogP contribution in [0.5, 0.6) is 0 Å². The molecule has 0 aromatic heterocycles. The van der Waals surface area contributed by atoms with Gasteiger partial charge in [-0.3, -0.25) is 15.5 Å². The molecule has 1 rings (SSSR count). The molecule has 3 N–H and O–H groups in total. The van der Waals surface area contributed by atoms with Crippen molar-refractivity contribution in [2.45, 2.75) is 13.5 Å². The van der Waals surface area contributed by atoms with E-state index >= 15 is 0 Å². The molecule has 1 aromatic rings. The third kappa shape index (κ3) is 4.78. The Morgan fingerprint density at radius 1 is 1.20 bits per heavy atom. The highest BCUT2D eigenvalue weighted by atomic mass is 16.2. The van der Waals surface area contributed by atoms with E-state index in [1.807, 2.05) is 30.3 Å². The third-order valence-electron chi connectivity index (χ3n) is 1.63. The van der Waals surface area contributed by atoms with Gasteiger partial charge in [0.25, 0.3) is 0 Å². The summed E-state index contributed by atoms with van der Waals surface area (Å²) in [4.78, 5) is 21.4. The topological polar surface area (TPSA) is 70.2 Å². The summed E-state index contributed by atoms with van der Waals surface area (Å²) in [7, 11) is 0. The fourth-order valence-corrected chi connectivity index (χ4v) is 1.01. The number of nitrogens with one attached hydrogen (secondary N) is 3. The van der Waals surface area contributed by atoms with Gasteiger partial charge in [0.1, 0.15) is 0 Å². The molecule has 15 heavy (non-hydrogen) atoms. The molecule has 0 saturated heterocycles. The van der Waals surface area contributed by atoms with Gasteiger partial charge in [0.05, 0.1) is 0 Å². The van der Waals surface area contributed by atoms with E-state index in [9.17, 15) is 9.59 Å². The lowest BCUT2D eigenvalue weighted by molar-refractivity contribution is -0.117. The Morgan fingerprint density at radius 2 is 1.87 bits per heavy atom. The molecule has 1 aromatic carbocycles. The van der Waals surface area contributed by atoms with E-state index in [1.165, 1.54) is 6.92 Å². The second kappa shape index (κ2) is 5.77. The Balaban J connectivity index is 2.22. The number of benzene rings is 1. The van der Waals surface area contributed by atoms with E-state index in [4.69, 9.17) is 0 Å². The maximum absolute atomic E-state index is 10.9. The van der Waals surface area contributed by atoms with Crippen LogP contribution in [0.4, 0.5) is 4.79 Å². The standard InChI is InChI=1S/C10H13N3O2/c1-8(14)12-10(15)13-11-7-9-5-3-2-4-6-9/h2-6,11H,7H2,1H3,(H2,12,13,14,15). The van der Waals surface area contributed by atoms with Crippen molar-refractivity contribution in [3.8, 4) is 0 Å². The average Bonchev–Trinajstić information content (AvgIpc) is 2.18. The maximum Gasteiger partial charge on any atom is 0.335 e. The van der Waals surface area contributed by atoms with Crippen LogP contribution in [0.1, 0.15) is 12.5 Å². The highest BCUT2D eigenvalue weighted by Gasteiger charge is 2.00. The van der Waals surface area contributed by atoms with E-state index in [0.717, 1.165) is 5.56 Å². The predicted molar refractivity (Wildman–Crippen MR) is 55.6 cm³/mol. The van der Waals surface area contributed by atoms with Gasteiger partial charge in [-0.1, -0.05) is 30.3 Å². The fraction of sp³-hybridized carbons (Fsp3) is 0.200. The number of hydrogen-bond donors (Lipinski definition) is 3. The first kappa shape index (κ1) is 11.2. The number of imide groups is 1. The van der Waals surface area contributed by atoms with Gasteiger partial charge < -0.3 is 0 Å². The van der Waals surface area contributed by atoms with Gasteiger partial charge in [-0.15, -0.1) is 0 Å². The molecular weight excluding hydrogens is 194 g/mol. The van der Waals surface area contributed by atoms with Crippen LogP contribution >= 0.6 is 0 Å². The number of hydrogen-bond acceptors (Lipinski definition) is 3. The van der Waals surface area contributed by atoms with Crippen molar-refractivity contribution >= 4 is 11.9 Å². The van der Waals surface area contributed by atoms with Crippen LogP contribution in [0.15, 0.2) is 30.3 Å². The lowest BCUT2D eigenvalue weighted by Crippen LogP contribution is -2.45.